The van der Waals surface area contributed by atoms with E-state index >= 15 is 0 Å². The molecule has 20 heavy (non-hydrogen) atoms. The van der Waals surface area contributed by atoms with Crippen LogP contribution in [0, 0.1) is 0 Å². The van der Waals surface area contributed by atoms with Crippen molar-refractivity contribution in [1.29, 1.82) is 0 Å². The Morgan fingerprint density at radius 3 is 2.75 bits per heavy atom. The molecule has 8 heteroatoms. The number of nitrogens with one attached hydrogen (secondary N) is 1. The van der Waals surface area contributed by atoms with Gasteiger partial charge in [-0.15, -0.1) is 11.3 Å². The lowest BCUT2D eigenvalue weighted by atomic mass is 10.2. The number of phenols is 1. The van der Waals surface area contributed by atoms with Crippen LogP contribution < -0.4 is 5.32 Å². The number of carboxylic acids is 1. The van der Waals surface area contributed by atoms with Crippen molar-refractivity contribution >= 4 is 34.8 Å². The number of aromatic carboxylic acids is 1. The summed E-state index contributed by atoms with van der Waals surface area (Å²) in [5.74, 6) is -1.83. The number of carbonyl (C=O) groups excluding carboxylic acids is 1. The number of thiazole rings is 1. The molecule has 1 aromatic heterocycles. The quantitative estimate of drug-likeness (QED) is 0.803. The molecule has 1 aromatic carbocycles. The van der Waals surface area contributed by atoms with Crippen molar-refractivity contribution < 1.29 is 19.8 Å². The lowest BCUT2D eigenvalue weighted by Crippen LogP contribution is -2.22. The molecule has 0 aliphatic rings. The van der Waals surface area contributed by atoms with Gasteiger partial charge in [-0.3, -0.25) is 4.79 Å². The van der Waals surface area contributed by atoms with Crippen LogP contribution in [0.4, 0.5) is 0 Å². The predicted molar refractivity (Wildman–Crippen MR) is 73.4 cm³/mol. The molecule has 104 valence electrons. The number of aromatic nitrogens is 1. The SMILES string of the molecule is O=C(O)c1csc(CNC(=O)c2ccc(Cl)cc2O)n1. The number of phenolic OH excluding ortho intramolecular Hbond substituents is 1. The van der Waals surface area contributed by atoms with Crippen molar-refractivity contribution in [1.82, 2.24) is 10.3 Å². The highest BCUT2D eigenvalue weighted by Crippen LogP contribution is 2.21. The maximum atomic E-state index is 11.8. The van der Waals surface area contributed by atoms with Crippen molar-refractivity contribution in [3.8, 4) is 5.75 Å². The monoisotopic (exact) mass is 312 g/mol. The van der Waals surface area contributed by atoms with Gasteiger partial charge in [0.1, 0.15) is 10.8 Å². The van der Waals surface area contributed by atoms with Crippen molar-refractivity contribution in [3.63, 3.8) is 0 Å². The number of rotatable bonds is 4. The fourth-order valence-electron chi connectivity index (χ4n) is 1.44. The summed E-state index contributed by atoms with van der Waals surface area (Å²) in [6.45, 7) is 0.0822. The molecule has 2 aromatic rings. The van der Waals surface area contributed by atoms with Crippen molar-refractivity contribution in [2.24, 2.45) is 0 Å². The number of benzene rings is 1. The third kappa shape index (κ3) is 3.25. The Morgan fingerprint density at radius 2 is 2.15 bits per heavy atom. The van der Waals surface area contributed by atoms with E-state index in [0.717, 1.165) is 11.3 Å². The van der Waals surface area contributed by atoms with E-state index in [-0.39, 0.29) is 23.6 Å². The van der Waals surface area contributed by atoms with Gasteiger partial charge >= 0.3 is 5.97 Å². The molecule has 3 N–H and O–H groups in total. The van der Waals surface area contributed by atoms with Crippen molar-refractivity contribution in [2.45, 2.75) is 6.54 Å². The second-order valence-corrected chi connectivity index (χ2v) is 5.15. The molecule has 0 saturated carbocycles. The van der Waals surface area contributed by atoms with Crippen molar-refractivity contribution in [3.05, 3.63) is 44.9 Å². The van der Waals surface area contributed by atoms with E-state index in [4.69, 9.17) is 16.7 Å². The highest BCUT2D eigenvalue weighted by atomic mass is 35.5. The number of hydrogen-bond donors (Lipinski definition) is 3. The number of halogens is 1. The zero-order chi connectivity index (χ0) is 14.7. The second-order valence-electron chi connectivity index (χ2n) is 3.78. The van der Waals surface area contributed by atoms with E-state index in [2.05, 4.69) is 10.3 Å². The topological polar surface area (TPSA) is 99.5 Å². The van der Waals surface area contributed by atoms with E-state index in [1.807, 2.05) is 0 Å². The van der Waals surface area contributed by atoms with Crippen LogP contribution in [0.15, 0.2) is 23.6 Å². The highest BCUT2D eigenvalue weighted by molar-refractivity contribution is 7.09. The average molecular weight is 313 g/mol. The van der Waals surface area contributed by atoms with Crippen LogP contribution in [0.2, 0.25) is 5.02 Å². The van der Waals surface area contributed by atoms with Gasteiger partial charge in [-0.25, -0.2) is 9.78 Å². The lowest BCUT2D eigenvalue weighted by Gasteiger charge is -2.05. The standard InChI is InChI=1S/C12H9ClN2O4S/c13-6-1-2-7(9(16)3-6)11(17)14-4-10-15-8(5-20-10)12(18)19/h1-3,5,16H,4H2,(H,14,17)(H,18,19). The highest BCUT2D eigenvalue weighted by Gasteiger charge is 2.13. The summed E-state index contributed by atoms with van der Waals surface area (Å²) in [5.41, 5.74) is 0.0259. The molecule has 0 unspecified atom stereocenters. The maximum absolute atomic E-state index is 11.8. The van der Waals surface area contributed by atoms with Gasteiger partial charge < -0.3 is 15.5 Å². The Kier molecular flexibility index (Phi) is 4.21. The first kappa shape index (κ1) is 14.3. The second kappa shape index (κ2) is 5.89. The summed E-state index contributed by atoms with van der Waals surface area (Å²) in [6, 6.07) is 4.15. The molecule has 0 atom stereocenters. The first-order chi connectivity index (χ1) is 9.47. The van der Waals surface area contributed by atoms with Gasteiger partial charge in [0.15, 0.2) is 5.69 Å². The molecule has 1 heterocycles. The van der Waals surface area contributed by atoms with Crippen LogP contribution in [0.3, 0.4) is 0 Å². The Balaban J connectivity index is 2.02. The molecular weight excluding hydrogens is 304 g/mol. The van der Waals surface area contributed by atoms with E-state index < -0.39 is 11.9 Å². The van der Waals surface area contributed by atoms with Gasteiger partial charge in [-0.1, -0.05) is 11.6 Å². The van der Waals surface area contributed by atoms with Gasteiger partial charge in [0.2, 0.25) is 0 Å². The summed E-state index contributed by atoms with van der Waals surface area (Å²) in [5, 5.41) is 23.0. The lowest BCUT2D eigenvalue weighted by molar-refractivity contribution is 0.0691. The Bertz CT molecular complexity index is 671. The normalized spacial score (nSPS) is 10.2. The molecule has 6 nitrogen and oxygen atoms in total. The summed E-state index contributed by atoms with van der Waals surface area (Å²) >= 11 is 6.80. The zero-order valence-electron chi connectivity index (χ0n) is 9.96. The minimum absolute atomic E-state index is 0.0615. The number of aromatic hydroxyl groups is 1. The van der Waals surface area contributed by atoms with E-state index in [0.29, 0.717) is 10.0 Å². The molecular formula is C12H9ClN2O4S. The van der Waals surface area contributed by atoms with Crippen LogP contribution in [0.5, 0.6) is 5.75 Å². The van der Waals surface area contributed by atoms with Crippen LogP contribution in [-0.2, 0) is 6.54 Å². The van der Waals surface area contributed by atoms with E-state index in [1.54, 1.807) is 0 Å². The summed E-state index contributed by atoms with van der Waals surface area (Å²) < 4.78 is 0. The molecule has 0 aliphatic carbocycles. The molecule has 0 spiro atoms. The molecule has 0 saturated heterocycles. The summed E-state index contributed by atoms with van der Waals surface area (Å²) in [7, 11) is 0. The zero-order valence-corrected chi connectivity index (χ0v) is 11.5. The Hall–Kier alpha value is -2.12. The van der Waals surface area contributed by atoms with Crippen LogP contribution >= 0.6 is 22.9 Å². The maximum Gasteiger partial charge on any atom is 0.355 e. The molecule has 0 radical (unpaired) electrons. The third-order valence-electron chi connectivity index (χ3n) is 2.38. The number of nitrogens with zero attached hydrogens (tertiary/aromatic N) is 1. The minimum Gasteiger partial charge on any atom is -0.507 e. The van der Waals surface area contributed by atoms with Crippen LogP contribution in [0.1, 0.15) is 25.9 Å². The Labute approximate surface area is 122 Å². The minimum atomic E-state index is -1.12. The summed E-state index contributed by atoms with van der Waals surface area (Å²) in [6.07, 6.45) is 0. The van der Waals surface area contributed by atoms with Crippen LogP contribution in [0.25, 0.3) is 0 Å². The molecule has 0 fully saturated rings. The predicted octanol–water partition coefficient (Wildman–Crippen LogP) is 2.13. The fraction of sp³-hybridized carbons (Fsp3) is 0.0833. The largest absolute Gasteiger partial charge is 0.507 e. The number of carboxylic acid groups (broad SMARTS) is 1. The van der Waals surface area contributed by atoms with Crippen LogP contribution in [-0.4, -0.2) is 27.1 Å². The first-order valence-electron chi connectivity index (χ1n) is 5.42. The van der Waals surface area contributed by atoms with Gasteiger partial charge in [0.05, 0.1) is 12.1 Å². The average Bonchev–Trinajstić information content (AvgIpc) is 2.85. The molecule has 0 bridgehead atoms. The first-order valence-corrected chi connectivity index (χ1v) is 6.67. The third-order valence-corrected chi connectivity index (χ3v) is 3.46. The summed E-state index contributed by atoms with van der Waals surface area (Å²) in [4.78, 5) is 26.3. The van der Waals surface area contributed by atoms with Gasteiger partial charge in [0.25, 0.3) is 5.91 Å². The van der Waals surface area contributed by atoms with Gasteiger partial charge in [0, 0.05) is 10.4 Å². The molecule has 0 aliphatic heterocycles. The number of carbonyl (C=O) groups is 2. The van der Waals surface area contributed by atoms with Gasteiger partial charge in [-0.05, 0) is 18.2 Å². The molecule has 2 rings (SSSR count). The fourth-order valence-corrected chi connectivity index (χ4v) is 2.31. The van der Waals surface area contributed by atoms with Crippen molar-refractivity contribution in [2.75, 3.05) is 0 Å². The van der Waals surface area contributed by atoms with E-state index in [1.165, 1.54) is 23.6 Å². The number of amides is 1. The Morgan fingerprint density at radius 1 is 1.40 bits per heavy atom. The smallest absolute Gasteiger partial charge is 0.355 e. The number of hydrogen-bond acceptors (Lipinski definition) is 5. The molecule has 1 amide bonds. The van der Waals surface area contributed by atoms with E-state index in [9.17, 15) is 14.7 Å². The van der Waals surface area contributed by atoms with Gasteiger partial charge in [-0.2, -0.15) is 0 Å².